The Balaban J connectivity index is 1.57. The largest absolute Gasteiger partial charge is 0.436 e. The molecule has 7 nitrogen and oxygen atoms in total. The van der Waals surface area contributed by atoms with Gasteiger partial charge in [-0.1, -0.05) is 35.3 Å². The van der Waals surface area contributed by atoms with Gasteiger partial charge in [0.1, 0.15) is 6.33 Å². The van der Waals surface area contributed by atoms with Crippen LogP contribution in [-0.2, 0) is 24.1 Å². The second-order valence-electron chi connectivity index (χ2n) is 6.16. The predicted octanol–water partition coefficient (Wildman–Crippen LogP) is 4.19. The van der Waals surface area contributed by atoms with E-state index in [1.165, 1.54) is 17.9 Å². The number of hydrogen-bond donors (Lipinski definition) is 1. The molecule has 3 rings (SSSR count). The predicted molar refractivity (Wildman–Crippen MR) is 101 cm³/mol. The highest BCUT2D eigenvalue weighted by molar-refractivity contribution is 6.32. The number of benzene rings is 1. The van der Waals surface area contributed by atoms with Gasteiger partial charge in [-0.2, -0.15) is 18.3 Å². The van der Waals surface area contributed by atoms with Crippen molar-refractivity contribution in [3.63, 3.8) is 0 Å². The Morgan fingerprint density at radius 3 is 2.66 bits per heavy atom. The highest BCUT2D eigenvalue weighted by Crippen LogP contribution is 2.35. The van der Waals surface area contributed by atoms with Gasteiger partial charge >= 0.3 is 6.18 Å². The lowest BCUT2D eigenvalue weighted by atomic mass is 10.2. The summed E-state index contributed by atoms with van der Waals surface area (Å²) in [6.07, 6.45) is -3.34. The smallest absolute Gasteiger partial charge is 0.293 e. The van der Waals surface area contributed by atoms with Gasteiger partial charge in [-0.15, -0.1) is 5.10 Å². The molecule has 2 heterocycles. The summed E-state index contributed by atoms with van der Waals surface area (Å²) in [6.45, 7) is 1.74. The number of aromatic nitrogens is 5. The van der Waals surface area contributed by atoms with Gasteiger partial charge in [0.05, 0.1) is 23.8 Å². The van der Waals surface area contributed by atoms with Crippen molar-refractivity contribution in [2.75, 3.05) is 5.32 Å². The molecule has 2 aromatic heterocycles. The lowest BCUT2D eigenvalue weighted by molar-refractivity contribution is -0.141. The summed E-state index contributed by atoms with van der Waals surface area (Å²) in [5.41, 5.74) is -0.124. The molecule has 1 amide bonds. The van der Waals surface area contributed by atoms with Crippen LogP contribution in [-0.4, -0.2) is 30.5 Å². The molecule has 0 saturated heterocycles. The first-order valence-corrected chi connectivity index (χ1v) is 9.13. The summed E-state index contributed by atoms with van der Waals surface area (Å²) in [4.78, 5) is 16.1. The van der Waals surface area contributed by atoms with Crippen LogP contribution in [0.5, 0.6) is 0 Å². The molecule has 3 aromatic rings. The van der Waals surface area contributed by atoms with Crippen LogP contribution in [0.3, 0.4) is 0 Å². The van der Waals surface area contributed by atoms with Crippen LogP contribution in [0.1, 0.15) is 23.4 Å². The van der Waals surface area contributed by atoms with Crippen molar-refractivity contribution >= 4 is 35.1 Å². The van der Waals surface area contributed by atoms with E-state index >= 15 is 0 Å². The lowest BCUT2D eigenvalue weighted by Crippen LogP contribution is -2.17. The molecule has 0 unspecified atom stereocenters. The average molecular weight is 447 g/mol. The fourth-order valence-electron chi connectivity index (χ4n) is 2.57. The van der Waals surface area contributed by atoms with Gasteiger partial charge in [0.15, 0.2) is 5.69 Å². The van der Waals surface area contributed by atoms with E-state index in [1.807, 2.05) is 12.1 Å². The van der Waals surface area contributed by atoms with Gasteiger partial charge < -0.3 is 0 Å². The highest BCUT2D eigenvalue weighted by Gasteiger charge is 2.38. The molecule has 1 N–H and O–H groups in total. The molecule has 0 bridgehead atoms. The summed E-state index contributed by atoms with van der Waals surface area (Å²) in [5, 5.41) is 10.2. The number of nitrogens with zero attached hydrogens (tertiary/aromatic N) is 5. The van der Waals surface area contributed by atoms with Crippen LogP contribution in [0, 0.1) is 6.92 Å². The third-order valence-corrected chi connectivity index (χ3v) is 4.66. The lowest BCUT2D eigenvalue weighted by Gasteiger charge is -2.05. The monoisotopic (exact) mass is 446 g/mol. The second kappa shape index (κ2) is 8.42. The maximum atomic E-state index is 12.8. The molecular formula is C17H15Cl2F3N6O. The van der Waals surface area contributed by atoms with Crippen LogP contribution in [0.4, 0.5) is 19.1 Å². The van der Waals surface area contributed by atoms with Crippen LogP contribution in [0.2, 0.25) is 10.0 Å². The van der Waals surface area contributed by atoms with Crippen molar-refractivity contribution in [1.82, 2.24) is 24.5 Å². The zero-order valence-corrected chi connectivity index (χ0v) is 16.6. The van der Waals surface area contributed by atoms with E-state index in [2.05, 4.69) is 20.5 Å². The Bertz CT molecular complexity index is 1030. The molecule has 0 radical (unpaired) electrons. The number of aryl methyl sites for hydroxylation is 1. The zero-order valence-electron chi connectivity index (χ0n) is 15.0. The number of anilines is 1. The topological polar surface area (TPSA) is 77.6 Å². The van der Waals surface area contributed by atoms with Crippen molar-refractivity contribution in [3.05, 3.63) is 57.6 Å². The molecule has 0 aliphatic carbocycles. The quantitative estimate of drug-likeness (QED) is 0.615. The van der Waals surface area contributed by atoms with Gasteiger partial charge in [0, 0.05) is 11.4 Å². The molecule has 12 heteroatoms. The molecule has 1 aromatic carbocycles. The van der Waals surface area contributed by atoms with Crippen molar-refractivity contribution in [2.24, 2.45) is 0 Å². The minimum absolute atomic E-state index is 0.0727. The van der Waals surface area contributed by atoms with Crippen molar-refractivity contribution in [2.45, 2.75) is 32.6 Å². The molecular weight excluding hydrogens is 432 g/mol. The van der Waals surface area contributed by atoms with E-state index < -0.39 is 22.8 Å². The molecule has 0 fully saturated rings. The molecule has 29 heavy (non-hydrogen) atoms. The Morgan fingerprint density at radius 1 is 1.24 bits per heavy atom. The first kappa shape index (κ1) is 21.1. The third kappa shape index (κ3) is 5.27. The van der Waals surface area contributed by atoms with E-state index in [4.69, 9.17) is 23.2 Å². The number of carbonyl (C=O) groups is 1. The average Bonchev–Trinajstić information content (AvgIpc) is 3.18. The summed E-state index contributed by atoms with van der Waals surface area (Å²) in [6, 6.07) is 7.22. The Labute approximate surface area is 173 Å². The molecule has 0 saturated carbocycles. The van der Waals surface area contributed by atoms with E-state index in [0.717, 1.165) is 10.2 Å². The number of hydrogen-bond acceptors (Lipinski definition) is 4. The number of amides is 1. The summed E-state index contributed by atoms with van der Waals surface area (Å²) < 4.78 is 41.1. The number of halogens is 5. The first-order valence-electron chi connectivity index (χ1n) is 8.37. The number of rotatable bonds is 6. The second-order valence-corrected chi connectivity index (χ2v) is 6.98. The Hall–Kier alpha value is -2.59. The number of carbonyl (C=O) groups excluding carboxylic acids is 1. The first-order chi connectivity index (χ1) is 13.6. The number of alkyl halides is 3. The molecule has 0 aliphatic rings. The van der Waals surface area contributed by atoms with E-state index in [9.17, 15) is 18.0 Å². The van der Waals surface area contributed by atoms with Gasteiger partial charge in [-0.25, -0.2) is 9.67 Å². The minimum Gasteiger partial charge on any atom is -0.293 e. The van der Waals surface area contributed by atoms with E-state index in [-0.39, 0.29) is 24.6 Å². The maximum Gasteiger partial charge on any atom is 0.436 e. The molecule has 0 aliphatic heterocycles. The van der Waals surface area contributed by atoms with Crippen molar-refractivity contribution in [1.29, 1.82) is 0 Å². The molecule has 0 atom stereocenters. The van der Waals surface area contributed by atoms with Crippen LogP contribution >= 0.6 is 23.2 Å². The van der Waals surface area contributed by atoms with Gasteiger partial charge in [-0.05, 0) is 24.6 Å². The zero-order chi connectivity index (χ0) is 21.2. The van der Waals surface area contributed by atoms with Crippen molar-refractivity contribution in [3.8, 4) is 0 Å². The third-order valence-electron chi connectivity index (χ3n) is 3.97. The summed E-state index contributed by atoms with van der Waals surface area (Å²) >= 11 is 11.6. The summed E-state index contributed by atoms with van der Waals surface area (Å²) in [7, 11) is 0. The fraction of sp³-hybridized carbons (Fsp3) is 0.294. The molecule has 0 spiro atoms. The van der Waals surface area contributed by atoms with Gasteiger partial charge in [0.2, 0.25) is 11.9 Å². The molecule has 154 valence electrons. The fourth-order valence-corrected chi connectivity index (χ4v) is 3.02. The van der Waals surface area contributed by atoms with Crippen LogP contribution in [0.15, 0.2) is 30.6 Å². The van der Waals surface area contributed by atoms with E-state index in [0.29, 0.717) is 11.6 Å². The maximum absolute atomic E-state index is 12.8. The standard InChI is InChI=1S/C17H15Cl2F3N6O/c1-10-14(19)15(17(20,21)22)25-28(10)6-5-13(29)24-16-23-9-27(26-16)8-11-3-2-4-12(18)7-11/h2-4,7,9H,5-6,8H2,1H3,(H,24,26,29). The Morgan fingerprint density at radius 2 is 2.00 bits per heavy atom. The van der Waals surface area contributed by atoms with E-state index in [1.54, 1.807) is 12.1 Å². The summed E-state index contributed by atoms with van der Waals surface area (Å²) in [5.74, 6) is -0.381. The SMILES string of the molecule is Cc1c(Cl)c(C(F)(F)F)nn1CCC(=O)Nc1ncn(Cc2cccc(Cl)c2)n1. The van der Waals surface area contributed by atoms with Gasteiger partial charge in [-0.3, -0.25) is 14.8 Å². The minimum atomic E-state index is -4.66. The Kier molecular flexibility index (Phi) is 6.13. The number of nitrogens with one attached hydrogen (secondary N) is 1. The highest BCUT2D eigenvalue weighted by atomic mass is 35.5. The van der Waals surface area contributed by atoms with Crippen LogP contribution in [0.25, 0.3) is 0 Å². The van der Waals surface area contributed by atoms with Gasteiger partial charge in [0.25, 0.3) is 0 Å². The van der Waals surface area contributed by atoms with Crippen molar-refractivity contribution < 1.29 is 18.0 Å². The normalized spacial score (nSPS) is 11.7. The van der Waals surface area contributed by atoms with Crippen LogP contribution < -0.4 is 5.32 Å².